The lowest BCUT2D eigenvalue weighted by atomic mass is 10.2. The Labute approximate surface area is 174 Å². The van der Waals surface area contributed by atoms with Gasteiger partial charge in [-0.15, -0.1) is 0 Å². The SMILES string of the molecule is O=C1NC(c2ccccc2)=NC1=Cc1ccc(OS(=O)(=O)Cc2ccccc2)cc1. The second-order valence-electron chi connectivity index (χ2n) is 6.65. The maximum absolute atomic E-state index is 12.2. The molecule has 1 N–H and O–H groups in total. The van der Waals surface area contributed by atoms with Gasteiger partial charge in [0, 0.05) is 5.56 Å². The number of aliphatic imine (C=N–C) groups is 1. The molecule has 0 fully saturated rings. The molecule has 0 saturated heterocycles. The van der Waals surface area contributed by atoms with Crippen LogP contribution >= 0.6 is 0 Å². The molecule has 30 heavy (non-hydrogen) atoms. The van der Waals surface area contributed by atoms with E-state index in [-0.39, 0.29) is 23.1 Å². The molecule has 0 radical (unpaired) electrons. The molecule has 3 aromatic rings. The molecule has 150 valence electrons. The first kappa shape index (κ1) is 19.6. The first-order valence-electron chi connectivity index (χ1n) is 9.22. The van der Waals surface area contributed by atoms with Crippen LogP contribution < -0.4 is 9.50 Å². The van der Waals surface area contributed by atoms with Crippen LogP contribution in [0.5, 0.6) is 5.75 Å². The summed E-state index contributed by atoms with van der Waals surface area (Å²) in [6.07, 6.45) is 1.63. The van der Waals surface area contributed by atoms with Crippen molar-refractivity contribution in [1.29, 1.82) is 0 Å². The Morgan fingerprint density at radius 3 is 2.17 bits per heavy atom. The highest BCUT2D eigenvalue weighted by molar-refractivity contribution is 7.86. The molecule has 1 aliphatic rings. The number of nitrogens with one attached hydrogen (secondary N) is 1. The number of amidine groups is 1. The van der Waals surface area contributed by atoms with Crippen LogP contribution in [0.25, 0.3) is 6.08 Å². The fourth-order valence-corrected chi connectivity index (χ4v) is 4.00. The van der Waals surface area contributed by atoms with E-state index >= 15 is 0 Å². The quantitative estimate of drug-likeness (QED) is 0.490. The van der Waals surface area contributed by atoms with Crippen LogP contribution in [0.2, 0.25) is 0 Å². The van der Waals surface area contributed by atoms with Crippen LogP contribution in [0.3, 0.4) is 0 Å². The van der Waals surface area contributed by atoms with Gasteiger partial charge in [-0.3, -0.25) is 4.79 Å². The van der Waals surface area contributed by atoms with E-state index in [4.69, 9.17) is 4.18 Å². The van der Waals surface area contributed by atoms with Crippen molar-refractivity contribution in [2.75, 3.05) is 0 Å². The smallest absolute Gasteiger partial charge is 0.313 e. The summed E-state index contributed by atoms with van der Waals surface area (Å²) in [5, 5.41) is 2.74. The van der Waals surface area contributed by atoms with Crippen molar-refractivity contribution in [3.63, 3.8) is 0 Å². The minimum atomic E-state index is -3.77. The second-order valence-corrected chi connectivity index (χ2v) is 8.22. The largest absolute Gasteiger partial charge is 0.382 e. The van der Waals surface area contributed by atoms with Crippen molar-refractivity contribution in [3.05, 3.63) is 107 Å². The molecule has 0 spiro atoms. The lowest BCUT2D eigenvalue weighted by molar-refractivity contribution is -0.115. The molecule has 0 unspecified atom stereocenters. The summed E-state index contributed by atoms with van der Waals surface area (Å²) in [4.78, 5) is 16.5. The Morgan fingerprint density at radius 1 is 0.867 bits per heavy atom. The highest BCUT2D eigenvalue weighted by Crippen LogP contribution is 2.20. The summed E-state index contributed by atoms with van der Waals surface area (Å²) in [7, 11) is -3.77. The monoisotopic (exact) mass is 418 g/mol. The Bertz CT molecular complexity index is 1220. The third-order valence-electron chi connectivity index (χ3n) is 4.34. The lowest BCUT2D eigenvalue weighted by Crippen LogP contribution is -2.24. The van der Waals surface area contributed by atoms with Gasteiger partial charge in [-0.25, -0.2) is 4.99 Å². The van der Waals surface area contributed by atoms with Gasteiger partial charge < -0.3 is 9.50 Å². The first-order chi connectivity index (χ1) is 14.5. The van der Waals surface area contributed by atoms with E-state index in [1.54, 1.807) is 54.6 Å². The summed E-state index contributed by atoms with van der Waals surface area (Å²) in [5.74, 6) is 0.201. The van der Waals surface area contributed by atoms with Crippen molar-refractivity contribution in [1.82, 2.24) is 5.32 Å². The number of nitrogens with zero attached hydrogens (tertiary/aromatic N) is 1. The number of hydrogen-bond donors (Lipinski definition) is 1. The van der Waals surface area contributed by atoms with Crippen molar-refractivity contribution >= 4 is 27.9 Å². The molecule has 6 nitrogen and oxygen atoms in total. The highest BCUT2D eigenvalue weighted by atomic mass is 32.2. The van der Waals surface area contributed by atoms with E-state index in [0.717, 1.165) is 5.56 Å². The first-order valence-corrected chi connectivity index (χ1v) is 10.8. The van der Waals surface area contributed by atoms with Gasteiger partial charge in [-0.1, -0.05) is 72.8 Å². The van der Waals surface area contributed by atoms with Crippen molar-refractivity contribution in [3.8, 4) is 5.75 Å². The van der Waals surface area contributed by atoms with Crippen LogP contribution in [0, 0.1) is 0 Å². The van der Waals surface area contributed by atoms with E-state index in [9.17, 15) is 13.2 Å². The molecule has 0 aliphatic carbocycles. The van der Waals surface area contributed by atoms with Gasteiger partial charge >= 0.3 is 10.1 Å². The van der Waals surface area contributed by atoms with Crippen LogP contribution in [0.1, 0.15) is 16.7 Å². The van der Waals surface area contributed by atoms with Gasteiger partial charge in [0.05, 0.1) is 0 Å². The van der Waals surface area contributed by atoms with Crippen LogP contribution in [-0.2, 0) is 20.7 Å². The number of amides is 1. The van der Waals surface area contributed by atoms with Gasteiger partial charge in [0.15, 0.2) is 0 Å². The number of carbonyl (C=O) groups excluding carboxylic acids is 1. The van der Waals surface area contributed by atoms with Crippen molar-refractivity contribution < 1.29 is 17.4 Å². The standard InChI is InChI=1S/C23H18N2O4S/c26-23-21(24-22(25-23)19-9-5-2-6-10-19)15-17-11-13-20(14-12-17)29-30(27,28)16-18-7-3-1-4-8-18/h1-15H,16H2,(H,24,25,26). The Kier molecular flexibility index (Phi) is 5.45. The summed E-state index contributed by atoms with van der Waals surface area (Å²) in [5.41, 5.74) is 2.45. The fourth-order valence-electron chi connectivity index (χ4n) is 2.93. The molecule has 1 amide bonds. The third-order valence-corrected chi connectivity index (χ3v) is 5.47. The zero-order chi connectivity index (χ0) is 21.0. The molecule has 4 rings (SSSR count). The molecule has 0 bridgehead atoms. The molecular formula is C23H18N2O4S. The number of carbonyl (C=O) groups is 1. The van der Waals surface area contributed by atoms with Crippen LogP contribution in [0.4, 0.5) is 0 Å². The topological polar surface area (TPSA) is 84.8 Å². The maximum atomic E-state index is 12.2. The number of hydrogen-bond acceptors (Lipinski definition) is 5. The zero-order valence-corrected chi connectivity index (χ0v) is 16.7. The van der Waals surface area contributed by atoms with Gasteiger partial charge in [-0.2, -0.15) is 8.42 Å². The number of benzene rings is 3. The molecule has 0 saturated carbocycles. The summed E-state index contributed by atoms with van der Waals surface area (Å²) >= 11 is 0. The van der Waals surface area contributed by atoms with E-state index in [0.29, 0.717) is 17.0 Å². The molecule has 1 heterocycles. The lowest BCUT2D eigenvalue weighted by Gasteiger charge is -2.07. The number of rotatable bonds is 6. The fraction of sp³-hybridized carbons (Fsp3) is 0.0435. The minimum Gasteiger partial charge on any atom is -0.382 e. The van der Waals surface area contributed by atoms with Crippen LogP contribution in [0.15, 0.2) is 95.6 Å². The van der Waals surface area contributed by atoms with Gasteiger partial charge in [0.2, 0.25) is 0 Å². The molecule has 0 aromatic heterocycles. The van der Waals surface area contributed by atoms with Crippen LogP contribution in [-0.4, -0.2) is 20.2 Å². The molecule has 0 atom stereocenters. The second kappa shape index (κ2) is 8.34. The highest BCUT2D eigenvalue weighted by Gasteiger charge is 2.21. The summed E-state index contributed by atoms with van der Waals surface area (Å²) < 4.78 is 29.7. The Balaban J connectivity index is 1.47. The van der Waals surface area contributed by atoms with Crippen molar-refractivity contribution in [2.45, 2.75) is 5.75 Å². The van der Waals surface area contributed by atoms with E-state index in [1.807, 2.05) is 36.4 Å². The molecular weight excluding hydrogens is 400 g/mol. The van der Waals surface area contributed by atoms with Gasteiger partial charge in [-0.05, 0) is 29.3 Å². The van der Waals surface area contributed by atoms with E-state index in [2.05, 4.69) is 10.3 Å². The minimum absolute atomic E-state index is 0.206. The Morgan fingerprint density at radius 2 is 1.50 bits per heavy atom. The average molecular weight is 418 g/mol. The molecule has 1 aliphatic heterocycles. The van der Waals surface area contributed by atoms with Crippen molar-refractivity contribution in [2.24, 2.45) is 4.99 Å². The summed E-state index contributed by atoms with van der Waals surface area (Å²) in [6.45, 7) is 0. The zero-order valence-electron chi connectivity index (χ0n) is 15.9. The van der Waals surface area contributed by atoms with E-state index < -0.39 is 10.1 Å². The van der Waals surface area contributed by atoms with E-state index in [1.165, 1.54) is 0 Å². The Hall–Kier alpha value is -3.71. The third kappa shape index (κ3) is 4.82. The predicted molar refractivity (Wildman–Crippen MR) is 115 cm³/mol. The molecule has 7 heteroatoms. The molecule has 3 aromatic carbocycles. The van der Waals surface area contributed by atoms with Gasteiger partial charge in [0.25, 0.3) is 5.91 Å². The summed E-state index contributed by atoms with van der Waals surface area (Å²) in [6, 6.07) is 24.6. The normalized spacial score (nSPS) is 15.0. The average Bonchev–Trinajstić information content (AvgIpc) is 3.10. The van der Waals surface area contributed by atoms with Gasteiger partial charge in [0.1, 0.15) is 23.0 Å². The predicted octanol–water partition coefficient (Wildman–Crippen LogP) is 3.51. The maximum Gasteiger partial charge on any atom is 0.313 e.